The van der Waals surface area contributed by atoms with E-state index < -0.39 is 7.60 Å². The third-order valence-corrected chi connectivity index (χ3v) is 3.93. The maximum absolute atomic E-state index is 12.0. The van der Waals surface area contributed by atoms with Crippen LogP contribution in [0.5, 0.6) is 5.75 Å². The molecule has 6 heteroatoms. The number of rotatable bonds is 4. The summed E-state index contributed by atoms with van der Waals surface area (Å²) in [6, 6.07) is 13.0. The Hall–Kier alpha value is -1.65. The van der Waals surface area contributed by atoms with E-state index in [2.05, 4.69) is 9.56 Å². The highest BCUT2D eigenvalue weighted by Crippen LogP contribution is 2.44. The highest BCUT2D eigenvalue weighted by molar-refractivity contribution is 7.61. The summed E-state index contributed by atoms with van der Waals surface area (Å²) in [4.78, 5) is 14.2. The maximum Gasteiger partial charge on any atom is 0.386 e. The molecule has 0 saturated heterocycles. The van der Waals surface area contributed by atoms with Crippen LogP contribution in [0.3, 0.4) is 0 Å². The molecule has 19 heavy (non-hydrogen) atoms. The summed E-state index contributed by atoms with van der Waals surface area (Å²) in [6.07, 6.45) is 0. The number of phenols is 1. The third-order valence-electron chi connectivity index (χ3n) is 2.58. The molecule has 2 N–H and O–H groups in total. The lowest BCUT2D eigenvalue weighted by molar-refractivity contribution is -0.182. The smallest absolute Gasteiger partial charge is 0.386 e. The summed E-state index contributed by atoms with van der Waals surface area (Å²) >= 11 is 0. The first-order valence-electron chi connectivity index (χ1n) is 5.49. The average Bonchev–Trinajstić information content (AvgIpc) is 2.39. The summed E-state index contributed by atoms with van der Waals surface area (Å²) in [5.41, 5.74) is 0.871. The Morgan fingerprint density at radius 1 is 1.00 bits per heavy atom. The summed E-state index contributed by atoms with van der Waals surface area (Å²) in [5.74, 6) is 0.0207. The van der Waals surface area contributed by atoms with Gasteiger partial charge in [-0.1, -0.05) is 36.4 Å². The maximum atomic E-state index is 12.0. The van der Waals surface area contributed by atoms with E-state index in [1.54, 1.807) is 36.4 Å². The Balaban J connectivity index is 2.60. The van der Waals surface area contributed by atoms with Gasteiger partial charge < -0.3 is 10.00 Å². The van der Waals surface area contributed by atoms with Crippen molar-refractivity contribution in [3.8, 4) is 16.9 Å². The second-order valence-electron chi connectivity index (χ2n) is 3.80. The number of hydrogen-bond donors (Lipinski definition) is 2. The predicted molar refractivity (Wildman–Crippen MR) is 71.1 cm³/mol. The molecule has 0 heterocycles. The van der Waals surface area contributed by atoms with E-state index in [4.69, 9.17) is 0 Å². The average molecular weight is 280 g/mol. The van der Waals surface area contributed by atoms with Crippen molar-refractivity contribution in [1.82, 2.24) is 0 Å². The van der Waals surface area contributed by atoms with E-state index >= 15 is 0 Å². The van der Waals surface area contributed by atoms with Crippen LogP contribution >= 0.6 is 7.60 Å². The van der Waals surface area contributed by atoms with Gasteiger partial charge in [0.15, 0.2) is 0 Å². The normalized spacial score (nSPS) is 14.0. The minimum atomic E-state index is -4.10. The summed E-state index contributed by atoms with van der Waals surface area (Å²) in [5, 5.41) is 9.91. The molecule has 0 aromatic heterocycles. The monoisotopic (exact) mass is 280 g/mol. The molecule has 0 amide bonds. The van der Waals surface area contributed by atoms with Crippen molar-refractivity contribution in [2.24, 2.45) is 0 Å². The lowest BCUT2D eigenvalue weighted by Crippen LogP contribution is -2.10. The first-order valence-corrected chi connectivity index (χ1v) is 7.07. The van der Waals surface area contributed by atoms with Gasteiger partial charge in [0, 0.05) is 11.1 Å². The fraction of sp³-hybridized carbons (Fsp3) is 0.0769. The molecule has 0 saturated carbocycles. The van der Waals surface area contributed by atoms with Gasteiger partial charge in [0.05, 0.1) is 12.4 Å². The molecule has 0 spiro atoms. The zero-order valence-corrected chi connectivity index (χ0v) is 11.1. The van der Waals surface area contributed by atoms with Crippen LogP contribution < -0.4 is 5.30 Å². The van der Waals surface area contributed by atoms with Crippen LogP contribution in [0.15, 0.2) is 48.5 Å². The number of hydrogen-bond acceptors (Lipinski definition) is 4. The Labute approximate surface area is 110 Å². The van der Waals surface area contributed by atoms with Gasteiger partial charge in [0.2, 0.25) is 0 Å². The highest BCUT2D eigenvalue weighted by atomic mass is 31.2. The van der Waals surface area contributed by atoms with Gasteiger partial charge in [0.25, 0.3) is 0 Å². The number of aromatic hydroxyl groups is 1. The Kier molecular flexibility index (Phi) is 4.02. The van der Waals surface area contributed by atoms with Crippen molar-refractivity contribution in [2.45, 2.75) is 0 Å². The van der Waals surface area contributed by atoms with Crippen LogP contribution in [-0.2, 0) is 14.1 Å². The molecule has 0 aliphatic heterocycles. The lowest BCUT2D eigenvalue weighted by atomic mass is 10.0. The van der Waals surface area contributed by atoms with Crippen molar-refractivity contribution in [1.29, 1.82) is 0 Å². The predicted octanol–water partition coefficient (Wildman–Crippen LogP) is 2.45. The van der Waals surface area contributed by atoms with Gasteiger partial charge in [-0.2, -0.15) is 0 Å². The molecule has 100 valence electrons. The number of benzene rings is 2. The Bertz CT molecular complexity index is 626. The SMILES string of the molecule is COOP(=O)(O)c1ccccc1-c1ccccc1O. The van der Waals surface area contributed by atoms with Gasteiger partial charge in [-0.15, -0.1) is 4.67 Å². The number of phenolic OH excluding ortho intramolecular Hbond substituents is 1. The molecule has 0 fully saturated rings. The molecular weight excluding hydrogens is 267 g/mol. The molecule has 0 aliphatic carbocycles. The van der Waals surface area contributed by atoms with Crippen molar-refractivity contribution in [3.63, 3.8) is 0 Å². The van der Waals surface area contributed by atoms with Gasteiger partial charge >= 0.3 is 7.60 Å². The second kappa shape index (κ2) is 5.55. The van der Waals surface area contributed by atoms with Gasteiger partial charge in [-0.05, 0) is 12.1 Å². The van der Waals surface area contributed by atoms with Gasteiger partial charge in [0.1, 0.15) is 5.75 Å². The quantitative estimate of drug-likeness (QED) is 0.511. The van der Waals surface area contributed by atoms with E-state index in [1.165, 1.54) is 12.1 Å². The second-order valence-corrected chi connectivity index (χ2v) is 5.47. The molecular formula is C13H13O5P. The van der Waals surface area contributed by atoms with E-state index in [1.807, 2.05) is 0 Å². The van der Waals surface area contributed by atoms with Crippen LogP contribution in [0.1, 0.15) is 0 Å². The Morgan fingerprint density at radius 3 is 2.21 bits per heavy atom. The molecule has 1 atom stereocenters. The minimum absolute atomic E-state index is 0.0207. The molecule has 0 bridgehead atoms. The summed E-state index contributed by atoms with van der Waals surface area (Å²) < 4.78 is 16.5. The van der Waals surface area contributed by atoms with Crippen LogP contribution in [0, 0.1) is 0 Å². The molecule has 0 aliphatic rings. The molecule has 5 nitrogen and oxygen atoms in total. The van der Waals surface area contributed by atoms with Crippen LogP contribution in [0.25, 0.3) is 11.1 Å². The molecule has 2 aromatic rings. The molecule has 1 unspecified atom stereocenters. The zero-order valence-electron chi connectivity index (χ0n) is 10.2. The van der Waals surface area contributed by atoms with E-state index in [0.29, 0.717) is 11.1 Å². The Morgan fingerprint density at radius 2 is 1.58 bits per heavy atom. The minimum Gasteiger partial charge on any atom is -0.507 e. The first kappa shape index (κ1) is 13.8. The van der Waals surface area contributed by atoms with Crippen molar-refractivity contribution < 1.29 is 24.1 Å². The molecule has 0 radical (unpaired) electrons. The van der Waals surface area contributed by atoms with Crippen LogP contribution in [0.4, 0.5) is 0 Å². The summed E-state index contributed by atoms with van der Waals surface area (Å²) in [6.45, 7) is 0. The largest absolute Gasteiger partial charge is 0.507 e. The van der Waals surface area contributed by atoms with E-state index in [0.717, 1.165) is 7.11 Å². The zero-order chi connectivity index (χ0) is 13.9. The van der Waals surface area contributed by atoms with E-state index in [9.17, 15) is 14.6 Å². The van der Waals surface area contributed by atoms with Gasteiger partial charge in [-0.3, -0.25) is 4.57 Å². The lowest BCUT2D eigenvalue weighted by Gasteiger charge is -2.14. The van der Waals surface area contributed by atoms with E-state index in [-0.39, 0.29) is 11.1 Å². The van der Waals surface area contributed by atoms with Crippen molar-refractivity contribution in [3.05, 3.63) is 48.5 Å². The standard InChI is InChI=1S/C13H13O5P/c1-17-18-19(15,16)13-9-5-3-7-11(13)10-6-2-4-8-12(10)14/h2-9,14H,1H3,(H,15,16). The topological polar surface area (TPSA) is 76.0 Å². The fourth-order valence-corrected chi connectivity index (χ4v) is 2.85. The van der Waals surface area contributed by atoms with Crippen LogP contribution in [0.2, 0.25) is 0 Å². The van der Waals surface area contributed by atoms with Crippen molar-refractivity contribution in [2.75, 3.05) is 7.11 Å². The van der Waals surface area contributed by atoms with Gasteiger partial charge in [-0.25, -0.2) is 4.89 Å². The summed E-state index contributed by atoms with van der Waals surface area (Å²) in [7, 11) is -2.94. The third kappa shape index (κ3) is 2.85. The highest BCUT2D eigenvalue weighted by Gasteiger charge is 2.28. The molecule has 2 rings (SSSR count). The fourth-order valence-electron chi connectivity index (χ4n) is 1.79. The first-order chi connectivity index (χ1) is 9.06. The van der Waals surface area contributed by atoms with Crippen LogP contribution in [-0.4, -0.2) is 17.1 Å². The van der Waals surface area contributed by atoms with Crippen molar-refractivity contribution >= 4 is 12.9 Å². The molecule has 2 aromatic carbocycles. The number of para-hydroxylation sites is 1.